The summed E-state index contributed by atoms with van der Waals surface area (Å²) in [5.41, 5.74) is 3.19. The van der Waals surface area contributed by atoms with Crippen molar-refractivity contribution in [1.29, 1.82) is 0 Å². The standard InChI is InChI=1S/C14H20N2/c1-12-3-4-13(15-9-12)10-16-8-7-14(11-16)5-2-6-14/h3-4,9H,2,5-8,10-11H2,1H3. The molecule has 1 saturated carbocycles. The maximum absolute atomic E-state index is 4.49. The molecule has 0 amide bonds. The van der Waals surface area contributed by atoms with Gasteiger partial charge in [0.15, 0.2) is 0 Å². The largest absolute Gasteiger partial charge is 0.297 e. The van der Waals surface area contributed by atoms with Gasteiger partial charge in [0.25, 0.3) is 0 Å². The van der Waals surface area contributed by atoms with Crippen LogP contribution in [0.2, 0.25) is 0 Å². The number of likely N-dealkylation sites (tertiary alicyclic amines) is 1. The van der Waals surface area contributed by atoms with E-state index in [-0.39, 0.29) is 0 Å². The van der Waals surface area contributed by atoms with Gasteiger partial charge in [-0.15, -0.1) is 0 Å². The number of hydrogen-bond donors (Lipinski definition) is 0. The van der Waals surface area contributed by atoms with Crippen molar-refractivity contribution in [2.45, 2.75) is 39.2 Å². The number of pyridine rings is 1. The molecule has 1 aromatic heterocycles. The van der Waals surface area contributed by atoms with Crippen molar-refractivity contribution in [3.8, 4) is 0 Å². The molecule has 1 spiro atoms. The highest BCUT2D eigenvalue weighted by Gasteiger charge is 2.42. The molecule has 2 nitrogen and oxygen atoms in total. The first kappa shape index (κ1) is 10.3. The second kappa shape index (κ2) is 3.85. The Morgan fingerprint density at radius 2 is 2.19 bits per heavy atom. The summed E-state index contributed by atoms with van der Waals surface area (Å²) < 4.78 is 0. The van der Waals surface area contributed by atoms with E-state index < -0.39 is 0 Å². The Morgan fingerprint density at radius 1 is 1.31 bits per heavy atom. The van der Waals surface area contributed by atoms with Crippen molar-refractivity contribution in [2.24, 2.45) is 5.41 Å². The van der Waals surface area contributed by atoms with E-state index in [9.17, 15) is 0 Å². The smallest absolute Gasteiger partial charge is 0.0544 e. The van der Waals surface area contributed by atoms with E-state index in [0.29, 0.717) is 5.41 Å². The van der Waals surface area contributed by atoms with Crippen molar-refractivity contribution in [3.05, 3.63) is 29.6 Å². The molecule has 0 unspecified atom stereocenters. The minimum Gasteiger partial charge on any atom is -0.297 e. The molecule has 16 heavy (non-hydrogen) atoms. The molecule has 1 aliphatic heterocycles. The lowest BCUT2D eigenvalue weighted by Crippen LogP contribution is -2.33. The Labute approximate surface area is 97.7 Å². The van der Waals surface area contributed by atoms with E-state index in [1.807, 2.05) is 6.20 Å². The van der Waals surface area contributed by atoms with Crippen molar-refractivity contribution >= 4 is 0 Å². The van der Waals surface area contributed by atoms with Gasteiger partial charge in [-0.3, -0.25) is 9.88 Å². The molecule has 1 aromatic rings. The van der Waals surface area contributed by atoms with Gasteiger partial charge in [0.1, 0.15) is 0 Å². The first-order chi connectivity index (χ1) is 7.76. The van der Waals surface area contributed by atoms with Gasteiger partial charge in [0.05, 0.1) is 5.69 Å². The van der Waals surface area contributed by atoms with Gasteiger partial charge in [-0.25, -0.2) is 0 Å². The Balaban J connectivity index is 1.61. The normalized spacial score (nSPS) is 23.6. The third kappa shape index (κ3) is 1.86. The van der Waals surface area contributed by atoms with Crippen molar-refractivity contribution < 1.29 is 0 Å². The highest BCUT2D eigenvalue weighted by atomic mass is 15.2. The molecular weight excluding hydrogens is 196 g/mol. The second-order valence-electron chi connectivity index (χ2n) is 5.64. The predicted molar refractivity (Wildman–Crippen MR) is 65.2 cm³/mol. The summed E-state index contributed by atoms with van der Waals surface area (Å²) in [6, 6.07) is 4.33. The predicted octanol–water partition coefficient (Wildman–Crippen LogP) is 2.77. The molecule has 0 radical (unpaired) electrons. The molecule has 1 saturated heterocycles. The number of aryl methyl sites for hydroxylation is 1. The molecular formula is C14H20N2. The number of hydrogen-bond acceptors (Lipinski definition) is 2. The lowest BCUT2D eigenvalue weighted by atomic mass is 9.68. The topological polar surface area (TPSA) is 16.1 Å². The fraction of sp³-hybridized carbons (Fsp3) is 0.643. The van der Waals surface area contributed by atoms with Crippen LogP contribution in [0, 0.1) is 12.3 Å². The average molecular weight is 216 g/mol. The quantitative estimate of drug-likeness (QED) is 0.755. The number of nitrogens with zero attached hydrogens (tertiary/aromatic N) is 2. The van der Waals surface area contributed by atoms with Gasteiger partial charge in [-0.05, 0) is 49.8 Å². The molecule has 86 valence electrons. The van der Waals surface area contributed by atoms with Gasteiger partial charge in [-0.2, -0.15) is 0 Å². The van der Waals surface area contributed by atoms with Crippen LogP contribution in [0.4, 0.5) is 0 Å². The molecule has 2 fully saturated rings. The van der Waals surface area contributed by atoms with E-state index in [2.05, 4.69) is 28.9 Å². The molecule has 0 aromatic carbocycles. The van der Waals surface area contributed by atoms with E-state index >= 15 is 0 Å². The zero-order chi connectivity index (χ0) is 11.0. The Hall–Kier alpha value is -0.890. The third-order valence-electron chi connectivity index (χ3n) is 4.29. The summed E-state index contributed by atoms with van der Waals surface area (Å²) in [5.74, 6) is 0. The number of aromatic nitrogens is 1. The van der Waals surface area contributed by atoms with Crippen LogP contribution in [0.3, 0.4) is 0 Å². The first-order valence-electron chi connectivity index (χ1n) is 6.40. The molecule has 0 N–H and O–H groups in total. The minimum absolute atomic E-state index is 0.713. The molecule has 3 rings (SSSR count). The molecule has 2 heterocycles. The summed E-state index contributed by atoms with van der Waals surface area (Å²) in [6.45, 7) is 5.72. The van der Waals surface area contributed by atoms with Crippen LogP contribution in [-0.2, 0) is 6.54 Å². The monoisotopic (exact) mass is 216 g/mol. The fourth-order valence-corrected chi connectivity index (χ4v) is 3.07. The Morgan fingerprint density at radius 3 is 2.75 bits per heavy atom. The summed E-state index contributed by atoms with van der Waals surface area (Å²) in [5, 5.41) is 0. The maximum atomic E-state index is 4.49. The van der Waals surface area contributed by atoms with Crippen LogP contribution in [0.1, 0.15) is 36.9 Å². The summed E-state index contributed by atoms with van der Waals surface area (Å²) in [7, 11) is 0. The summed E-state index contributed by atoms with van der Waals surface area (Å²) >= 11 is 0. The average Bonchev–Trinajstić information content (AvgIpc) is 2.66. The number of rotatable bonds is 2. The van der Waals surface area contributed by atoms with Crippen molar-refractivity contribution in [3.63, 3.8) is 0 Å². The van der Waals surface area contributed by atoms with Crippen LogP contribution in [0.25, 0.3) is 0 Å². The highest BCUT2D eigenvalue weighted by Crippen LogP contribution is 2.48. The van der Waals surface area contributed by atoms with Gasteiger partial charge in [0, 0.05) is 19.3 Å². The van der Waals surface area contributed by atoms with Crippen LogP contribution in [-0.4, -0.2) is 23.0 Å². The molecule has 0 bridgehead atoms. The van der Waals surface area contributed by atoms with E-state index in [0.717, 1.165) is 6.54 Å². The molecule has 0 atom stereocenters. The zero-order valence-electron chi connectivity index (χ0n) is 10.1. The SMILES string of the molecule is Cc1ccc(CN2CCC3(CCC3)C2)nc1. The molecule has 2 heteroatoms. The van der Waals surface area contributed by atoms with Crippen LogP contribution >= 0.6 is 0 Å². The van der Waals surface area contributed by atoms with Gasteiger partial charge < -0.3 is 0 Å². The summed E-state index contributed by atoms with van der Waals surface area (Å²) in [4.78, 5) is 7.07. The highest BCUT2D eigenvalue weighted by molar-refractivity contribution is 5.12. The van der Waals surface area contributed by atoms with Gasteiger partial charge in [0.2, 0.25) is 0 Å². The van der Waals surface area contributed by atoms with Crippen LogP contribution in [0.15, 0.2) is 18.3 Å². The first-order valence-corrected chi connectivity index (χ1v) is 6.40. The van der Waals surface area contributed by atoms with E-state index in [1.54, 1.807) is 0 Å². The second-order valence-corrected chi connectivity index (χ2v) is 5.64. The lowest BCUT2D eigenvalue weighted by molar-refractivity contribution is 0.137. The lowest BCUT2D eigenvalue weighted by Gasteiger charge is -2.38. The third-order valence-corrected chi connectivity index (χ3v) is 4.29. The Kier molecular flexibility index (Phi) is 2.47. The van der Waals surface area contributed by atoms with Crippen molar-refractivity contribution in [2.75, 3.05) is 13.1 Å². The van der Waals surface area contributed by atoms with Gasteiger partial charge in [-0.1, -0.05) is 12.5 Å². The fourth-order valence-electron chi connectivity index (χ4n) is 3.07. The zero-order valence-corrected chi connectivity index (χ0v) is 10.1. The molecule has 2 aliphatic rings. The Bertz CT molecular complexity index is 365. The van der Waals surface area contributed by atoms with E-state index in [1.165, 1.54) is 50.0 Å². The minimum atomic E-state index is 0.713. The van der Waals surface area contributed by atoms with Crippen LogP contribution < -0.4 is 0 Å². The van der Waals surface area contributed by atoms with Crippen LogP contribution in [0.5, 0.6) is 0 Å². The van der Waals surface area contributed by atoms with Gasteiger partial charge >= 0.3 is 0 Å². The van der Waals surface area contributed by atoms with Crippen molar-refractivity contribution in [1.82, 2.24) is 9.88 Å². The van der Waals surface area contributed by atoms with E-state index in [4.69, 9.17) is 0 Å². The summed E-state index contributed by atoms with van der Waals surface area (Å²) in [6.07, 6.45) is 7.77. The molecule has 1 aliphatic carbocycles. The maximum Gasteiger partial charge on any atom is 0.0544 e.